The molecule has 4 nitrogen and oxygen atoms in total. The third-order valence-electron chi connectivity index (χ3n) is 2.71. The SMILES string of the molecule is COC(=O)c1cc(NCc2ccc(C)o2)c(F)cc1F. The quantitative estimate of drug-likeness (QED) is 0.874. The number of esters is 1. The second kappa shape index (κ2) is 5.73. The van der Waals surface area contributed by atoms with Gasteiger partial charge in [0.05, 0.1) is 24.9 Å². The predicted molar refractivity (Wildman–Crippen MR) is 68.5 cm³/mol. The Morgan fingerprint density at radius 2 is 2.05 bits per heavy atom. The lowest BCUT2D eigenvalue weighted by molar-refractivity contribution is 0.0595. The lowest BCUT2D eigenvalue weighted by atomic mass is 10.1. The van der Waals surface area contributed by atoms with Gasteiger partial charge in [0.1, 0.15) is 23.2 Å². The Kier molecular flexibility index (Phi) is 4.02. The number of nitrogens with one attached hydrogen (secondary N) is 1. The topological polar surface area (TPSA) is 51.5 Å². The Hall–Kier alpha value is -2.37. The van der Waals surface area contributed by atoms with Gasteiger partial charge in [-0.3, -0.25) is 0 Å². The molecule has 0 atom stereocenters. The molecule has 0 fully saturated rings. The maximum absolute atomic E-state index is 13.6. The minimum absolute atomic E-state index is 0.000790. The average molecular weight is 281 g/mol. The number of anilines is 1. The molecule has 0 radical (unpaired) electrons. The molecule has 1 aromatic heterocycles. The van der Waals surface area contributed by atoms with Crippen molar-refractivity contribution in [1.29, 1.82) is 0 Å². The van der Waals surface area contributed by atoms with E-state index in [1.165, 1.54) is 0 Å². The summed E-state index contributed by atoms with van der Waals surface area (Å²) in [6, 6.07) is 5.23. The van der Waals surface area contributed by atoms with E-state index in [0.717, 1.165) is 18.9 Å². The van der Waals surface area contributed by atoms with E-state index in [0.29, 0.717) is 11.8 Å². The van der Waals surface area contributed by atoms with Crippen LogP contribution in [0.15, 0.2) is 28.7 Å². The maximum Gasteiger partial charge on any atom is 0.340 e. The Morgan fingerprint density at radius 3 is 2.65 bits per heavy atom. The van der Waals surface area contributed by atoms with Crippen molar-refractivity contribution in [2.45, 2.75) is 13.5 Å². The molecule has 1 N–H and O–H groups in total. The summed E-state index contributed by atoms with van der Waals surface area (Å²) in [5.74, 6) is -1.28. The molecule has 2 aromatic rings. The van der Waals surface area contributed by atoms with E-state index >= 15 is 0 Å². The van der Waals surface area contributed by atoms with E-state index in [9.17, 15) is 13.6 Å². The highest BCUT2D eigenvalue weighted by Crippen LogP contribution is 2.21. The van der Waals surface area contributed by atoms with Gasteiger partial charge in [0.15, 0.2) is 0 Å². The lowest BCUT2D eigenvalue weighted by Gasteiger charge is -2.09. The van der Waals surface area contributed by atoms with E-state index in [2.05, 4.69) is 10.1 Å². The van der Waals surface area contributed by atoms with Crippen molar-refractivity contribution in [3.8, 4) is 0 Å². The Bertz CT molecular complexity index is 637. The van der Waals surface area contributed by atoms with E-state index in [4.69, 9.17) is 4.42 Å². The summed E-state index contributed by atoms with van der Waals surface area (Å²) in [6.45, 7) is 2.01. The number of carbonyl (C=O) groups is 1. The van der Waals surface area contributed by atoms with Gasteiger partial charge < -0.3 is 14.5 Å². The van der Waals surface area contributed by atoms with Crippen LogP contribution < -0.4 is 5.32 Å². The van der Waals surface area contributed by atoms with Crippen molar-refractivity contribution in [3.05, 3.63) is 53.0 Å². The van der Waals surface area contributed by atoms with Crippen LogP contribution in [0.4, 0.5) is 14.5 Å². The van der Waals surface area contributed by atoms with Crippen molar-refractivity contribution >= 4 is 11.7 Å². The number of aryl methyl sites for hydroxylation is 1. The van der Waals surface area contributed by atoms with Crippen LogP contribution in [0.25, 0.3) is 0 Å². The Labute approximate surface area is 114 Å². The molecule has 0 amide bonds. The molecule has 0 aliphatic rings. The summed E-state index contributed by atoms with van der Waals surface area (Å²) < 4.78 is 36.8. The molecule has 0 aliphatic heterocycles. The number of hydrogen-bond acceptors (Lipinski definition) is 4. The zero-order valence-electron chi connectivity index (χ0n) is 11.0. The molecule has 0 saturated heterocycles. The zero-order valence-corrected chi connectivity index (χ0v) is 11.0. The summed E-state index contributed by atoms with van der Waals surface area (Å²) >= 11 is 0. The standard InChI is InChI=1S/C14H13F2NO3/c1-8-3-4-9(20-8)7-17-13-5-10(14(18)19-2)11(15)6-12(13)16/h3-6,17H,7H2,1-2H3. The average Bonchev–Trinajstić information content (AvgIpc) is 2.83. The third-order valence-corrected chi connectivity index (χ3v) is 2.71. The van der Waals surface area contributed by atoms with Crippen molar-refractivity contribution in [2.24, 2.45) is 0 Å². The molecular formula is C14H13F2NO3. The molecule has 0 saturated carbocycles. The lowest BCUT2D eigenvalue weighted by Crippen LogP contribution is -2.08. The van der Waals surface area contributed by atoms with Gasteiger partial charge in [0, 0.05) is 6.07 Å². The first kappa shape index (κ1) is 14.0. The Morgan fingerprint density at radius 1 is 1.30 bits per heavy atom. The van der Waals surface area contributed by atoms with E-state index in [-0.39, 0.29) is 17.8 Å². The van der Waals surface area contributed by atoms with Crippen LogP contribution in [0.5, 0.6) is 0 Å². The molecule has 0 spiro atoms. The van der Waals surface area contributed by atoms with E-state index in [1.807, 2.05) is 0 Å². The number of carbonyl (C=O) groups excluding carboxylic acids is 1. The molecule has 1 heterocycles. The van der Waals surface area contributed by atoms with Crippen LogP contribution in [-0.4, -0.2) is 13.1 Å². The van der Waals surface area contributed by atoms with Crippen LogP contribution in [0.3, 0.4) is 0 Å². The fourth-order valence-electron chi connectivity index (χ4n) is 1.71. The predicted octanol–water partition coefficient (Wildman–Crippen LogP) is 3.26. The third kappa shape index (κ3) is 2.96. The number of furan rings is 1. The van der Waals surface area contributed by atoms with E-state index in [1.54, 1.807) is 19.1 Å². The second-order valence-electron chi connectivity index (χ2n) is 4.17. The highest BCUT2D eigenvalue weighted by atomic mass is 19.1. The van der Waals surface area contributed by atoms with Gasteiger partial charge in [0.2, 0.25) is 0 Å². The number of halogens is 2. The highest BCUT2D eigenvalue weighted by molar-refractivity contribution is 5.90. The molecule has 20 heavy (non-hydrogen) atoms. The zero-order chi connectivity index (χ0) is 14.7. The first-order chi connectivity index (χ1) is 9.51. The van der Waals surface area contributed by atoms with Crippen LogP contribution in [-0.2, 0) is 11.3 Å². The van der Waals surface area contributed by atoms with Gasteiger partial charge in [0.25, 0.3) is 0 Å². The summed E-state index contributed by atoms with van der Waals surface area (Å²) in [5, 5.41) is 2.75. The fraction of sp³-hybridized carbons (Fsp3) is 0.214. The molecule has 0 bridgehead atoms. The summed E-state index contributed by atoms with van der Waals surface area (Å²) in [6.07, 6.45) is 0. The number of rotatable bonds is 4. The second-order valence-corrected chi connectivity index (χ2v) is 4.17. The van der Waals surface area contributed by atoms with Gasteiger partial charge in [-0.1, -0.05) is 0 Å². The van der Waals surface area contributed by atoms with E-state index < -0.39 is 17.6 Å². The molecule has 2 rings (SSSR count). The van der Waals surface area contributed by atoms with Crippen LogP contribution in [0, 0.1) is 18.6 Å². The summed E-state index contributed by atoms with van der Waals surface area (Å²) in [7, 11) is 1.13. The van der Waals surface area contributed by atoms with Crippen LogP contribution in [0.2, 0.25) is 0 Å². The summed E-state index contributed by atoms with van der Waals surface area (Å²) in [4.78, 5) is 11.3. The molecule has 106 valence electrons. The monoisotopic (exact) mass is 281 g/mol. The maximum atomic E-state index is 13.6. The molecule has 1 aromatic carbocycles. The molecule has 6 heteroatoms. The van der Waals surface area contributed by atoms with Crippen molar-refractivity contribution < 1.29 is 22.7 Å². The first-order valence-electron chi connectivity index (χ1n) is 5.88. The minimum atomic E-state index is -0.964. The van der Waals surface area contributed by atoms with Gasteiger partial charge in [-0.05, 0) is 25.1 Å². The first-order valence-corrected chi connectivity index (χ1v) is 5.88. The number of hydrogen-bond donors (Lipinski definition) is 1. The van der Waals surface area contributed by atoms with Gasteiger partial charge in [-0.2, -0.15) is 0 Å². The summed E-state index contributed by atoms with van der Waals surface area (Å²) in [5.41, 5.74) is -0.326. The molecule has 0 unspecified atom stereocenters. The van der Waals surface area contributed by atoms with Gasteiger partial charge >= 0.3 is 5.97 Å². The van der Waals surface area contributed by atoms with Gasteiger partial charge in [-0.15, -0.1) is 0 Å². The normalized spacial score (nSPS) is 10.4. The molecular weight excluding hydrogens is 268 g/mol. The van der Waals surface area contributed by atoms with Crippen LogP contribution in [0.1, 0.15) is 21.9 Å². The highest BCUT2D eigenvalue weighted by Gasteiger charge is 2.16. The van der Waals surface area contributed by atoms with Crippen molar-refractivity contribution in [2.75, 3.05) is 12.4 Å². The number of ether oxygens (including phenoxy) is 1. The largest absolute Gasteiger partial charge is 0.465 e. The number of methoxy groups -OCH3 is 1. The smallest absolute Gasteiger partial charge is 0.340 e. The van der Waals surface area contributed by atoms with Crippen molar-refractivity contribution in [1.82, 2.24) is 0 Å². The fourth-order valence-corrected chi connectivity index (χ4v) is 1.71. The number of benzene rings is 1. The minimum Gasteiger partial charge on any atom is -0.465 e. The Balaban J connectivity index is 2.20. The van der Waals surface area contributed by atoms with Gasteiger partial charge in [-0.25, -0.2) is 13.6 Å². The molecule has 0 aliphatic carbocycles. The van der Waals surface area contributed by atoms with Crippen LogP contribution >= 0.6 is 0 Å². The van der Waals surface area contributed by atoms with Crippen molar-refractivity contribution in [3.63, 3.8) is 0 Å².